The Bertz CT molecular complexity index is 316. The fourth-order valence-corrected chi connectivity index (χ4v) is 2.96. The number of benzene rings is 1. The Labute approximate surface area is 91.1 Å². The van der Waals surface area contributed by atoms with Crippen LogP contribution in [0.4, 0.5) is 5.69 Å². The van der Waals surface area contributed by atoms with Crippen molar-refractivity contribution in [2.24, 2.45) is 0 Å². The van der Waals surface area contributed by atoms with Gasteiger partial charge in [0, 0.05) is 11.1 Å². The van der Waals surface area contributed by atoms with Gasteiger partial charge in [-0.25, -0.2) is 0 Å². The molecule has 0 amide bonds. The molecule has 0 atom stereocenters. The van der Waals surface area contributed by atoms with Crippen LogP contribution < -0.4 is 5.73 Å². The van der Waals surface area contributed by atoms with Crippen LogP contribution >= 0.6 is 12.6 Å². The third-order valence-electron chi connectivity index (χ3n) is 3.36. The van der Waals surface area contributed by atoms with Crippen LogP contribution in [-0.4, -0.2) is 5.75 Å². The molecular formula is C12H17NS. The summed E-state index contributed by atoms with van der Waals surface area (Å²) in [6, 6.07) is 8.30. The first kappa shape index (κ1) is 9.91. The lowest BCUT2D eigenvalue weighted by Crippen LogP contribution is -2.24. The predicted octanol–water partition coefficient (Wildman–Crippen LogP) is 3.01. The molecule has 1 aromatic carbocycles. The van der Waals surface area contributed by atoms with E-state index in [0.717, 1.165) is 11.4 Å². The molecule has 2 rings (SSSR count). The number of rotatable bonds is 2. The lowest BCUT2D eigenvalue weighted by atomic mass is 9.80. The highest BCUT2D eigenvalue weighted by molar-refractivity contribution is 7.80. The third-order valence-corrected chi connectivity index (χ3v) is 3.97. The topological polar surface area (TPSA) is 26.0 Å². The van der Waals surface area contributed by atoms with Crippen LogP contribution in [0.5, 0.6) is 0 Å². The average molecular weight is 207 g/mol. The summed E-state index contributed by atoms with van der Waals surface area (Å²) in [6.07, 6.45) is 5.19. The molecule has 0 aliphatic heterocycles. The van der Waals surface area contributed by atoms with E-state index in [1.807, 2.05) is 12.1 Å². The summed E-state index contributed by atoms with van der Waals surface area (Å²) in [5.74, 6) is 0.941. The van der Waals surface area contributed by atoms with Crippen LogP contribution in [-0.2, 0) is 5.41 Å². The Morgan fingerprint density at radius 3 is 2.57 bits per heavy atom. The minimum Gasteiger partial charge on any atom is -0.399 e. The van der Waals surface area contributed by atoms with Gasteiger partial charge in [-0.1, -0.05) is 25.0 Å². The molecule has 0 heterocycles. The molecule has 2 N–H and O–H groups in total. The van der Waals surface area contributed by atoms with Crippen LogP contribution in [0.1, 0.15) is 31.2 Å². The summed E-state index contributed by atoms with van der Waals surface area (Å²) < 4.78 is 0. The van der Waals surface area contributed by atoms with E-state index in [1.165, 1.54) is 31.2 Å². The van der Waals surface area contributed by atoms with Gasteiger partial charge in [-0.3, -0.25) is 0 Å². The lowest BCUT2D eigenvalue weighted by Gasteiger charge is -2.27. The fourth-order valence-electron chi connectivity index (χ4n) is 2.46. The van der Waals surface area contributed by atoms with Crippen molar-refractivity contribution >= 4 is 18.3 Å². The molecule has 0 spiro atoms. The second-order valence-corrected chi connectivity index (χ2v) is 4.59. The largest absolute Gasteiger partial charge is 0.399 e. The minimum absolute atomic E-state index is 0.304. The molecule has 14 heavy (non-hydrogen) atoms. The summed E-state index contributed by atoms with van der Waals surface area (Å²) in [5, 5.41) is 0. The molecule has 1 aromatic rings. The van der Waals surface area contributed by atoms with Crippen molar-refractivity contribution in [1.82, 2.24) is 0 Å². The summed E-state index contributed by atoms with van der Waals surface area (Å²) in [4.78, 5) is 0. The Morgan fingerprint density at radius 2 is 2.00 bits per heavy atom. The molecule has 1 aliphatic rings. The first-order chi connectivity index (χ1) is 6.77. The molecule has 1 saturated carbocycles. The lowest BCUT2D eigenvalue weighted by molar-refractivity contribution is 0.503. The van der Waals surface area contributed by atoms with Crippen molar-refractivity contribution in [2.75, 3.05) is 11.5 Å². The van der Waals surface area contributed by atoms with Crippen molar-refractivity contribution in [1.29, 1.82) is 0 Å². The van der Waals surface area contributed by atoms with E-state index in [1.54, 1.807) is 0 Å². The van der Waals surface area contributed by atoms with E-state index < -0.39 is 0 Å². The van der Waals surface area contributed by atoms with Crippen molar-refractivity contribution in [3.63, 3.8) is 0 Å². The first-order valence-corrected chi connectivity index (χ1v) is 5.87. The Balaban J connectivity index is 2.35. The second-order valence-electron chi connectivity index (χ2n) is 4.27. The maximum absolute atomic E-state index is 5.81. The van der Waals surface area contributed by atoms with Crippen LogP contribution in [0, 0.1) is 0 Å². The highest BCUT2D eigenvalue weighted by atomic mass is 32.1. The van der Waals surface area contributed by atoms with Crippen molar-refractivity contribution in [3.8, 4) is 0 Å². The zero-order valence-electron chi connectivity index (χ0n) is 8.37. The molecular weight excluding hydrogens is 190 g/mol. The maximum Gasteiger partial charge on any atom is 0.0316 e. The summed E-state index contributed by atoms with van der Waals surface area (Å²) in [6.45, 7) is 0. The first-order valence-electron chi connectivity index (χ1n) is 5.24. The van der Waals surface area contributed by atoms with Crippen molar-refractivity contribution in [3.05, 3.63) is 29.8 Å². The minimum atomic E-state index is 0.304. The zero-order chi connectivity index (χ0) is 10.0. The highest BCUT2D eigenvalue weighted by Crippen LogP contribution is 2.42. The molecule has 0 bridgehead atoms. The quantitative estimate of drug-likeness (QED) is 0.566. The summed E-state index contributed by atoms with van der Waals surface area (Å²) in [7, 11) is 0. The molecule has 0 saturated heterocycles. The van der Waals surface area contributed by atoms with Gasteiger partial charge in [-0.05, 0) is 36.3 Å². The fraction of sp³-hybridized carbons (Fsp3) is 0.500. The summed E-state index contributed by atoms with van der Waals surface area (Å²) in [5.41, 5.74) is 8.37. The van der Waals surface area contributed by atoms with E-state index in [4.69, 9.17) is 5.73 Å². The number of nitrogen functional groups attached to an aromatic ring is 1. The third kappa shape index (κ3) is 1.63. The number of nitrogens with two attached hydrogens (primary N) is 1. The maximum atomic E-state index is 5.81. The number of thiol groups is 1. The average Bonchev–Trinajstić information content (AvgIpc) is 2.67. The number of hydrogen-bond donors (Lipinski definition) is 2. The van der Waals surface area contributed by atoms with Gasteiger partial charge < -0.3 is 5.73 Å². The van der Waals surface area contributed by atoms with Gasteiger partial charge in [0.1, 0.15) is 0 Å². The highest BCUT2D eigenvalue weighted by Gasteiger charge is 2.34. The van der Waals surface area contributed by atoms with Crippen molar-refractivity contribution in [2.45, 2.75) is 31.1 Å². The van der Waals surface area contributed by atoms with Crippen LogP contribution in [0.3, 0.4) is 0 Å². The molecule has 1 aliphatic carbocycles. The van der Waals surface area contributed by atoms with Gasteiger partial charge in [0.05, 0.1) is 0 Å². The molecule has 1 fully saturated rings. The second kappa shape index (κ2) is 3.85. The van der Waals surface area contributed by atoms with E-state index in [-0.39, 0.29) is 0 Å². The Kier molecular flexibility index (Phi) is 2.73. The summed E-state index contributed by atoms with van der Waals surface area (Å²) >= 11 is 4.51. The van der Waals surface area contributed by atoms with E-state index >= 15 is 0 Å². The van der Waals surface area contributed by atoms with Crippen LogP contribution in [0.2, 0.25) is 0 Å². The van der Waals surface area contributed by atoms with Gasteiger partial charge in [-0.2, -0.15) is 12.6 Å². The van der Waals surface area contributed by atoms with Crippen LogP contribution in [0.25, 0.3) is 0 Å². The molecule has 0 radical (unpaired) electrons. The van der Waals surface area contributed by atoms with Gasteiger partial charge in [-0.15, -0.1) is 0 Å². The van der Waals surface area contributed by atoms with Crippen LogP contribution in [0.15, 0.2) is 24.3 Å². The number of anilines is 1. The molecule has 76 valence electrons. The van der Waals surface area contributed by atoms with Gasteiger partial charge in [0.15, 0.2) is 0 Å². The van der Waals surface area contributed by atoms with Gasteiger partial charge in [0.2, 0.25) is 0 Å². The normalized spacial score (nSPS) is 19.8. The van der Waals surface area contributed by atoms with Gasteiger partial charge in [0.25, 0.3) is 0 Å². The van der Waals surface area contributed by atoms with E-state index in [2.05, 4.69) is 24.8 Å². The van der Waals surface area contributed by atoms with Gasteiger partial charge >= 0.3 is 0 Å². The molecule has 1 nitrogen and oxygen atoms in total. The zero-order valence-corrected chi connectivity index (χ0v) is 9.26. The molecule has 2 heteroatoms. The Morgan fingerprint density at radius 1 is 1.29 bits per heavy atom. The predicted molar refractivity (Wildman–Crippen MR) is 64.9 cm³/mol. The van der Waals surface area contributed by atoms with E-state index in [0.29, 0.717) is 5.41 Å². The molecule has 0 unspecified atom stereocenters. The van der Waals surface area contributed by atoms with E-state index in [9.17, 15) is 0 Å². The van der Waals surface area contributed by atoms with Crippen molar-refractivity contribution < 1.29 is 0 Å². The number of hydrogen-bond acceptors (Lipinski definition) is 2. The monoisotopic (exact) mass is 207 g/mol. The Hall–Kier alpha value is -0.630. The SMILES string of the molecule is Nc1cccc(C2(CS)CCCC2)c1. The molecule has 0 aromatic heterocycles. The standard InChI is InChI=1S/C12H17NS/c13-11-5-3-4-10(8-11)12(9-14)6-1-2-7-12/h3-5,8,14H,1-2,6-7,9,13H2. The smallest absolute Gasteiger partial charge is 0.0316 e.